The average Bonchev–Trinajstić information content (AvgIpc) is 0.835. The van der Waals surface area contributed by atoms with Crippen molar-refractivity contribution in [3.05, 3.63) is 172 Å². The SMILES string of the molecule is C#CC#CC#CC#CC#CC#CC#CC#CC#CC#CC#CC#CC#CC#CC#CC#CC#CC#CC#CC.CCC(C)(C)CCC(=O)c1ccc(C(C)(C)N=[N+]=[N-])cc1.CCC(C)(C)CCC(=O)c1ccc(CC(C)(C)N=[N+]=[N-])cc1.CNC(C)(C)COc1ccc(C(=O)NCC(C)(C)N=[N+]=[N-])cc1.CNC(C)(C)COc1ccc(C(=O)NCCOCCC(C)(C)N=[N+]=[N-])cc1. The molecule has 0 spiro atoms. The lowest BCUT2D eigenvalue weighted by molar-refractivity contribution is 0.0899. The van der Waals surface area contributed by atoms with Crippen molar-refractivity contribution in [2.45, 2.75) is 216 Å². The van der Waals surface area contributed by atoms with Crippen molar-refractivity contribution in [3.63, 3.8) is 0 Å². The fourth-order valence-corrected chi connectivity index (χ4v) is 8.94. The summed E-state index contributed by atoms with van der Waals surface area (Å²) >= 11 is 0. The highest BCUT2D eigenvalue weighted by Crippen LogP contribution is 2.30. The Balaban J connectivity index is 0.00000166. The van der Waals surface area contributed by atoms with E-state index in [4.69, 9.17) is 42.8 Å². The molecule has 0 saturated carbocycles. The van der Waals surface area contributed by atoms with E-state index in [1.54, 1.807) is 69.3 Å². The number of carbonyl (C=O) groups excluding carboxylic acids is 4. The second-order valence-corrected chi connectivity index (χ2v) is 33.1. The summed E-state index contributed by atoms with van der Waals surface area (Å²) in [7, 11) is 3.77. The molecule has 4 rings (SSSR count). The van der Waals surface area contributed by atoms with Crippen molar-refractivity contribution in [2.75, 3.05) is 53.6 Å². The molecule has 23 heteroatoms. The number of Topliss-reactive ketones (excluding diaryl/α,β-unsaturated/α-hetero) is 2. The lowest BCUT2D eigenvalue weighted by atomic mass is 9.83. The number of benzene rings is 4. The highest BCUT2D eigenvalue weighted by atomic mass is 16.5. The molecule has 2 amide bonds. The van der Waals surface area contributed by atoms with Gasteiger partial charge in [-0.15, -0.1) is 6.42 Å². The van der Waals surface area contributed by atoms with Crippen molar-refractivity contribution < 1.29 is 33.4 Å². The van der Waals surface area contributed by atoms with Gasteiger partial charge >= 0.3 is 0 Å². The van der Waals surface area contributed by atoms with Gasteiger partial charge in [0.1, 0.15) is 24.7 Å². The Hall–Kier alpha value is -16.5. The number of terminal acetylenes is 1. The van der Waals surface area contributed by atoms with Gasteiger partial charge in [-0.1, -0.05) is 185 Å². The number of hydrogen-bond donors (Lipinski definition) is 4. The molecule has 0 unspecified atom stereocenters. The molecule has 4 N–H and O–H groups in total. The van der Waals surface area contributed by atoms with Crippen molar-refractivity contribution in [2.24, 2.45) is 31.3 Å². The molecule has 23 nitrogen and oxygen atoms in total. The monoisotopic (exact) mass is 1760 g/mol. The molecule has 0 aromatic heterocycles. The summed E-state index contributed by atoms with van der Waals surface area (Å²) < 4.78 is 16.9. The van der Waals surface area contributed by atoms with Crippen molar-refractivity contribution in [3.8, 4) is 237 Å². The third-order valence-corrected chi connectivity index (χ3v) is 18.2. The molecule has 0 aliphatic heterocycles. The number of ketones is 2. The highest BCUT2D eigenvalue weighted by molar-refractivity contribution is 5.97. The zero-order chi connectivity index (χ0) is 98.9. The van der Waals surface area contributed by atoms with Gasteiger partial charge in [-0.05, 0) is 262 Å². The summed E-state index contributed by atoms with van der Waals surface area (Å²) in [6, 6.07) is 29.0. The summed E-state index contributed by atoms with van der Waals surface area (Å²) in [5, 5.41) is 26.8. The Bertz CT molecular complexity index is 6130. The predicted molar refractivity (Wildman–Crippen MR) is 528 cm³/mol. The average molecular weight is 1760 g/mol. The summed E-state index contributed by atoms with van der Waals surface area (Å²) in [6.45, 7) is 40.3. The Labute approximate surface area is 783 Å². The molecule has 670 valence electrons. The molecule has 0 radical (unpaired) electrons. The zero-order valence-electron chi connectivity index (χ0n) is 79.4. The van der Waals surface area contributed by atoms with Gasteiger partial charge in [0.15, 0.2) is 11.6 Å². The third-order valence-electron chi connectivity index (χ3n) is 18.2. The van der Waals surface area contributed by atoms with E-state index in [1.165, 1.54) is 0 Å². The molecule has 4 aromatic rings. The summed E-state index contributed by atoms with van der Waals surface area (Å²) in [6.07, 6.45) is 11.3. The molecular weight excluding hydrogens is 1650 g/mol. The molecule has 0 aliphatic carbocycles. The standard InChI is InChI=1S/C39H4.C19H31N5O3.C18H27N3O.C17H25N3O.C16H25N5O2/c1-3-5-7-9-11-13-15-17-19-21-23-25-27-29-31-33-35-37-39-38-36-34-32-30-28-26-24-22-20-18-16-14-12-10-8-6-4-2;1-18(2,23-24-20)10-12-26-13-11-22-17(25)15-6-8-16(9-7-15)27-14-19(3,4)21-5;1-6-17(2,3)12-11-16(22)15-9-7-14(8-10-15)13-18(4,5)20-21-19;1-6-16(2,3)12-11-15(21)13-7-9-14(10-8-13)17(4,5)19-20-18;1-15(2,20-21-17)10-19-14(22)12-6-8-13(9-7-12)23-11-16(3,4)18-5/h1H,2H3;6-9,21H,10-14H2,1-5H3,(H,22,25);7-10H,6,11-13H2,1-5H3;7-10H,6,11-12H2,1-5H3;6-9,18H,10-11H2,1-5H3,(H,19,22). The van der Waals surface area contributed by atoms with Crippen LogP contribution in [0, 0.1) is 236 Å². The molecular formula is C109H112N16O7. The maximum atomic E-state index is 12.2. The fourth-order valence-electron chi connectivity index (χ4n) is 8.94. The van der Waals surface area contributed by atoms with Crippen LogP contribution >= 0.6 is 0 Å². The van der Waals surface area contributed by atoms with Gasteiger partial charge in [-0.25, -0.2) is 0 Å². The number of nitrogens with one attached hydrogen (secondary N) is 4. The number of azide groups is 4. The minimum atomic E-state index is -0.661. The molecule has 0 fully saturated rings. The van der Waals surface area contributed by atoms with E-state index >= 15 is 0 Å². The number of amides is 2. The van der Waals surface area contributed by atoms with Crippen LogP contribution in [-0.2, 0) is 16.7 Å². The van der Waals surface area contributed by atoms with E-state index < -0.39 is 22.2 Å². The minimum Gasteiger partial charge on any atom is -0.492 e. The van der Waals surface area contributed by atoms with E-state index in [9.17, 15) is 19.2 Å². The summed E-state index contributed by atoms with van der Waals surface area (Å²) in [4.78, 5) is 60.0. The van der Waals surface area contributed by atoms with Crippen molar-refractivity contribution in [1.29, 1.82) is 0 Å². The van der Waals surface area contributed by atoms with Gasteiger partial charge in [0.05, 0.1) is 17.7 Å². The number of rotatable bonds is 35. The first-order valence-electron chi connectivity index (χ1n) is 41.6. The third kappa shape index (κ3) is 60.2. The Kier molecular flexibility index (Phi) is 57.8. The lowest BCUT2D eigenvalue weighted by Gasteiger charge is -2.24. The molecule has 0 saturated heterocycles. The smallest absolute Gasteiger partial charge is 0.251 e. The van der Waals surface area contributed by atoms with Crippen LogP contribution < -0.4 is 30.7 Å². The second kappa shape index (κ2) is 66.0. The number of carbonyl (C=O) groups is 4. The number of hydrogen-bond acceptors (Lipinski definition) is 13. The Morgan fingerprint density at radius 1 is 0.371 bits per heavy atom. The van der Waals surface area contributed by atoms with E-state index in [1.807, 2.05) is 118 Å². The molecule has 132 heavy (non-hydrogen) atoms. The summed E-state index contributed by atoms with van der Waals surface area (Å²) in [5.74, 6) is 93.3. The minimum absolute atomic E-state index is 0.119. The molecule has 0 heterocycles. The first kappa shape index (κ1) is 116. The van der Waals surface area contributed by atoms with E-state index in [-0.39, 0.29) is 51.8 Å². The Morgan fingerprint density at radius 2 is 0.674 bits per heavy atom. The maximum absolute atomic E-state index is 12.2. The number of likely N-dealkylation sites (N-methyl/N-ethyl adjacent to an activating group) is 2. The second-order valence-electron chi connectivity index (χ2n) is 33.1. The predicted octanol–water partition coefficient (Wildman–Crippen LogP) is 18.2. The first-order chi connectivity index (χ1) is 62.7. The van der Waals surface area contributed by atoms with Gasteiger partial charge in [-0.3, -0.25) is 19.2 Å². The highest BCUT2D eigenvalue weighted by Gasteiger charge is 2.24. The van der Waals surface area contributed by atoms with Crippen molar-refractivity contribution in [1.82, 2.24) is 21.3 Å². The largest absolute Gasteiger partial charge is 0.492 e. The number of nitrogens with zero attached hydrogens (tertiary/aromatic N) is 12. The van der Waals surface area contributed by atoms with Crippen LogP contribution in [0.1, 0.15) is 229 Å². The van der Waals surface area contributed by atoms with Gasteiger partial charge in [0.25, 0.3) is 11.8 Å². The maximum Gasteiger partial charge on any atom is 0.251 e. The van der Waals surface area contributed by atoms with Crippen LogP contribution in [0.5, 0.6) is 11.5 Å². The van der Waals surface area contributed by atoms with Gasteiger partial charge in [0, 0.05) is 215 Å². The van der Waals surface area contributed by atoms with Crippen LogP contribution in [0.2, 0.25) is 0 Å². The van der Waals surface area contributed by atoms with Crippen LogP contribution in [0.15, 0.2) is 118 Å². The van der Waals surface area contributed by atoms with Crippen LogP contribution in [-0.4, -0.2) is 105 Å². The van der Waals surface area contributed by atoms with E-state index in [0.717, 1.165) is 53.7 Å². The normalized spacial score (nSPS) is 9.39. The quantitative estimate of drug-likeness (QED) is 0.00848. The fraction of sp³-hybridized carbons (Fsp3) is 0.394. The Morgan fingerprint density at radius 3 is 0.992 bits per heavy atom. The van der Waals surface area contributed by atoms with E-state index in [2.05, 4.69) is 336 Å². The molecule has 0 atom stereocenters. The number of ether oxygens (including phenoxy) is 3. The molecule has 0 aliphatic rings. The van der Waals surface area contributed by atoms with Crippen LogP contribution in [0.25, 0.3) is 41.8 Å². The van der Waals surface area contributed by atoms with E-state index in [0.29, 0.717) is 75.5 Å². The molecule has 4 aromatic carbocycles. The van der Waals surface area contributed by atoms with Crippen LogP contribution in [0.4, 0.5) is 0 Å². The zero-order valence-corrected chi connectivity index (χ0v) is 79.4. The molecule has 0 bridgehead atoms. The van der Waals surface area contributed by atoms with Crippen LogP contribution in [0.3, 0.4) is 0 Å². The van der Waals surface area contributed by atoms with Gasteiger partial charge in [-0.2, -0.15) is 0 Å². The van der Waals surface area contributed by atoms with Gasteiger partial charge in [0.2, 0.25) is 0 Å². The first-order valence-corrected chi connectivity index (χ1v) is 41.6. The topological polar surface area (TPSA) is 339 Å². The van der Waals surface area contributed by atoms with Crippen molar-refractivity contribution >= 4 is 23.4 Å². The summed E-state index contributed by atoms with van der Waals surface area (Å²) in [5.41, 5.74) is 36.6. The lowest BCUT2D eigenvalue weighted by Crippen LogP contribution is -2.42. The van der Waals surface area contributed by atoms with Gasteiger partial charge < -0.3 is 35.5 Å².